The van der Waals surface area contributed by atoms with Gasteiger partial charge in [0.05, 0.1) is 18.6 Å². The number of ether oxygens (including phenoxy) is 1. The molecule has 1 saturated heterocycles. The molecule has 2 aliphatic heterocycles. The van der Waals surface area contributed by atoms with Gasteiger partial charge >= 0.3 is 0 Å². The number of aliphatic hydroxyl groups is 1. The Morgan fingerprint density at radius 1 is 1.29 bits per heavy atom. The van der Waals surface area contributed by atoms with Gasteiger partial charge in [-0.3, -0.25) is 9.59 Å². The monoisotopic (exact) mass is 390 g/mol. The van der Waals surface area contributed by atoms with Crippen LogP contribution in [0.3, 0.4) is 0 Å². The Kier molecular flexibility index (Phi) is 5.95. The predicted octanol–water partition coefficient (Wildman–Crippen LogP) is 1.77. The van der Waals surface area contributed by atoms with Crippen LogP contribution in [0, 0.1) is 10.8 Å². The summed E-state index contributed by atoms with van der Waals surface area (Å²) in [7, 11) is 0. The third-order valence-corrected chi connectivity index (χ3v) is 6.34. The zero-order valence-electron chi connectivity index (χ0n) is 16.7. The molecule has 2 heterocycles. The van der Waals surface area contributed by atoms with Crippen molar-refractivity contribution >= 4 is 11.9 Å². The van der Waals surface area contributed by atoms with Gasteiger partial charge in [-0.05, 0) is 55.5 Å². The molecule has 0 aromatic heterocycles. The van der Waals surface area contributed by atoms with Gasteiger partial charge in [-0.2, -0.15) is 0 Å². The van der Waals surface area contributed by atoms with Crippen molar-refractivity contribution in [2.45, 2.75) is 46.3 Å². The maximum Gasteiger partial charge on any atom is 0.300 e. The number of aliphatic hydroxyl groups excluding tert-OH is 1. The van der Waals surface area contributed by atoms with Gasteiger partial charge < -0.3 is 25.2 Å². The summed E-state index contributed by atoms with van der Waals surface area (Å²) in [6.07, 6.45) is 3.22. The van der Waals surface area contributed by atoms with Crippen molar-refractivity contribution in [3.8, 4) is 5.75 Å². The molecule has 28 heavy (non-hydrogen) atoms. The van der Waals surface area contributed by atoms with Crippen molar-refractivity contribution < 1.29 is 24.5 Å². The molecule has 1 aromatic carbocycles. The summed E-state index contributed by atoms with van der Waals surface area (Å²) in [6.45, 7) is 7.02. The molecule has 1 aromatic rings. The molecule has 7 nitrogen and oxygen atoms in total. The van der Waals surface area contributed by atoms with Gasteiger partial charge in [0, 0.05) is 19.0 Å². The van der Waals surface area contributed by atoms with Crippen molar-refractivity contribution in [3.05, 3.63) is 29.3 Å². The molecule has 1 saturated carbocycles. The summed E-state index contributed by atoms with van der Waals surface area (Å²) in [5.74, 6) is 0.273. The topological polar surface area (TPSA) is 99.1 Å². The molecule has 7 heteroatoms. The molecule has 3 N–H and O–H groups in total. The highest BCUT2D eigenvalue weighted by molar-refractivity contribution is 5.87. The minimum atomic E-state index is -0.833. The van der Waals surface area contributed by atoms with Crippen LogP contribution in [0.5, 0.6) is 5.75 Å². The van der Waals surface area contributed by atoms with Crippen LogP contribution in [0.4, 0.5) is 0 Å². The summed E-state index contributed by atoms with van der Waals surface area (Å²) in [4.78, 5) is 24.2. The average molecular weight is 390 g/mol. The van der Waals surface area contributed by atoms with E-state index in [9.17, 15) is 9.90 Å². The molecule has 1 amide bonds. The maximum atomic E-state index is 13.3. The largest absolute Gasteiger partial charge is 0.491 e. The number of carboxylic acid groups (broad SMARTS) is 1. The molecule has 154 valence electrons. The number of hydrogen-bond acceptors (Lipinski definition) is 5. The number of benzene rings is 1. The number of hydrogen-bond donors (Lipinski definition) is 3. The molecule has 0 bridgehead atoms. The van der Waals surface area contributed by atoms with Crippen LogP contribution in [0.25, 0.3) is 0 Å². The van der Waals surface area contributed by atoms with Crippen LogP contribution in [0.1, 0.15) is 44.2 Å². The molecule has 4 rings (SSSR count). The Hall–Kier alpha value is -2.12. The van der Waals surface area contributed by atoms with E-state index in [1.165, 1.54) is 0 Å². The van der Waals surface area contributed by atoms with Gasteiger partial charge in [-0.15, -0.1) is 0 Å². The van der Waals surface area contributed by atoms with E-state index in [1.54, 1.807) is 0 Å². The van der Waals surface area contributed by atoms with Crippen LogP contribution >= 0.6 is 0 Å². The smallest absolute Gasteiger partial charge is 0.300 e. The second-order valence-electron chi connectivity index (χ2n) is 8.23. The summed E-state index contributed by atoms with van der Waals surface area (Å²) in [5.41, 5.74) is 1.85. The Labute approximate surface area is 165 Å². The van der Waals surface area contributed by atoms with E-state index < -0.39 is 5.97 Å². The number of amides is 1. The van der Waals surface area contributed by atoms with Gasteiger partial charge in [-0.25, -0.2) is 0 Å². The first-order valence-corrected chi connectivity index (χ1v) is 9.86. The number of rotatable bonds is 2. The first kappa shape index (κ1) is 20.6. The van der Waals surface area contributed by atoms with Gasteiger partial charge in [0.1, 0.15) is 12.4 Å². The Balaban J connectivity index is 0.000000516. The summed E-state index contributed by atoms with van der Waals surface area (Å²) in [6, 6.07) is 5.74. The average Bonchev–Trinajstić information content (AvgIpc) is 3.31. The van der Waals surface area contributed by atoms with Crippen molar-refractivity contribution in [3.63, 3.8) is 0 Å². The fourth-order valence-corrected chi connectivity index (χ4v) is 4.64. The molecule has 1 spiro atoms. The molecule has 3 aliphatic rings. The highest BCUT2D eigenvalue weighted by Crippen LogP contribution is 2.69. The lowest BCUT2D eigenvalue weighted by molar-refractivity contribution is -0.139. The van der Waals surface area contributed by atoms with Crippen LogP contribution in [0.15, 0.2) is 18.2 Å². The molecule has 1 atom stereocenters. The zero-order valence-corrected chi connectivity index (χ0v) is 16.7. The summed E-state index contributed by atoms with van der Waals surface area (Å²) >= 11 is 0. The van der Waals surface area contributed by atoms with Crippen LogP contribution in [-0.4, -0.2) is 53.2 Å². The van der Waals surface area contributed by atoms with Gasteiger partial charge in [0.15, 0.2) is 0 Å². The molecular weight excluding hydrogens is 360 g/mol. The molecule has 0 radical (unpaired) electrons. The number of piperidine rings is 1. The minimum absolute atomic E-state index is 0.00898. The lowest BCUT2D eigenvalue weighted by Gasteiger charge is -2.30. The van der Waals surface area contributed by atoms with Crippen molar-refractivity contribution in [2.75, 3.05) is 26.2 Å². The third-order valence-electron chi connectivity index (χ3n) is 6.34. The molecule has 2 fully saturated rings. The Bertz CT molecular complexity index is 740. The van der Waals surface area contributed by atoms with Crippen LogP contribution < -0.4 is 10.1 Å². The number of nitrogens with zero attached hydrogens (tertiary/aromatic N) is 1. The Morgan fingerprint density at radius 2 is 1.96 bits per heavy atom. The van der Waals surface area contributed by atoms with Crippen molar-refractivity contribution in [2.24, 2.45) is 10.8 Å². The number of nitrogens with one attached hydrogen (secondary N) is 1. The van der Waals surface area contributed by atoms with Gasteiger partial charge in [-0.1, -0.05) is 13.0 Å². The highest BCUT2D eigenvalue weighted by atomic mass is 16.5. The third kappa shape index (κ3) is 4.00. The number of carbonyl (C=O) groups excluding carboxylic acids is 1. The fraction of sp³-hybridized carbons (Fsp3) is 0.619. The number of carboxylic acids is 1. The van der Waals surface area contributed by atoms with E-state index in [0.29, 0.717) is 19.7 Å². The van der Waals surface area contributed by atoms with Crippen LogP contribution in [-0.2, 0) is 22.7 Å². The van der Waals surface area contributed by atoms with E-state index in [4.69, 9.17) is 14.6 Å². The second kappa shape index (κ2) is 8.09. The first-order chi connectivity index (χ1) is 13.3. The molecule has 1 aliphatic carbocycles. The quantitative estimate of drug-likeness (QED) is 0.712. The molecular formula is C21H30N2O5. The number of aliphatic carboxylic acids is 1. The lowest BCUT2D eigenvalue weighted by atomic mass is 9.85. The minimum Gasteiger partial charge on any atom is -0.491 e. The highest BCUT2D eigenvalue weighted by Gasteiger charge is 2.68. The zero-order chi connectivity index (χ0) is 20.4. The fourth-order valence-electron chi connectivity index (χ4n) is 4.64. The molecule has 1 unspecified atom stereocenters. The lowest BCUT2D eigenvalue weighted by Crippen LogP contribution is -2.41. The van der Waals surface area contributed by atoms with E-state index in [0.717, 1.165) is 56.2 Å². The summed E-state index contributed by atoms with van der Waals surface area (Å²) < 4.78 is 5.81. The van der Waals surface area contributed by atoms with E-state index in [-0.39, 0.29) is 23.3 Å². The maximum absolute atomic E-state index is 13.3. The number of fused-ring (bicyclic) bond motifs is 1. The standard InChI is InChI=1S/C19H26N2O3.C2H4O2/c1-18(13-19(18)4-6-20-7-5-19)17(23)21-8-9-24-16-3-2-14(12-22)10-15(16)11-21;1-2(3)4/h2-3,10,20,22H,4-9,11-13H2,1H3;1H3,(H,3,4). The second-order valence-corrected chi connectivity index (χ2v) is 8.23. The predicted molar refractivity (Wildman–Crippen MR) is 104 cm³/mol. The first-order valence-electron chi connectivity index (χ1n) is 9.86. The van der Waals surface area contributed by atoms with E-state index in [1.807, 2.05) is 23.1 Å². The Morgan fingerprint density at radius 3 is 2.61 bits per heavy atom. The van der Waals surface area contributed by atoms with Gasteiger partial charge in [0.2, 0.25) is 5.91 Å². The van der Waals surface area contributed by atoms with Crippen molar-refractivity contribution in [1.82, 2.24) is 10.2 Å². The van der Waals surface area contributed by atoms with E-state index in [2.05, 4.69) is 12.2 Å². The normalized spacial score (nSPS) is 24.9. The summed E-state index contributed by atoms with van der Waals surface area (Å²) in [5, 5.41) is 20.2. The van der Waals surface area contributed by atoms with Crippen molar-refractivity contribution in [1.29, 1.82) is 0 Å². The van der Waals surface area contributed by atoms with Gasteiger partial charge in [0.25, 0.3) is 5.97 Å². The van der Waals surface area contributed by atoms with Crippen LogP contribution in [0.2, 0.25) is 0 Å². The van der Waals surface area contributed by atoms with E-state index >= 15 is 0 Å². The SMILES string of the molecule is CC(=O)O.CC1(C(=O)N2CCOc3ccc(CO)cc3C2)CC12CCNCC2. The number of carbonyl (C=O) groups is 2.